The maximum absolute atomic E-state index is 12.9. The number of aromatic nitrogens is 3. The standard InChI is InChI=1S/C17H18FN5OS/c18-14-4-2-13(3-5-14)10-21-17-22-11-15(25-17)16(24)20-6-1-8-23-9-7-19-12-23/h2-5,7,9,11-12H,1,6,8,10H2,(H,20,24)(H,21,22). The van der Waals surface area contributed by atoms with Gasteiger partial charge in [0.2, 0.25) is 0 Å². The molecule has 8 heteroatoms. The van der Waals surface area contributed by atoms with Gasteiger partial charge in [-0.15, -0.1) is 0 Å². The molecule has 0 saturated carbocycles. The van der Waals surface area contributed by atoms with Crippen LogP contribution in [0.2, 0.25) is 0 Å². The summed E-state index contributed by atoms with van der Waals surface area (Å²) in [5.74, 6) is -0.386. The fraction of sp³-hybridized carbons (Fsp3) is 0.235. The van der Waals surface area contributed by atoms with E-state index < -0.39 is 0 Å². The molecule has 0 aliphatic rings. The third-order valence-corrected chi connectivity index (χ3v) is 4.48. The molecule has 0 bridgehead atoms. The van der Waals surface area contributed by atoms with Gasteiger partial charge in [0.25, 0.3) is 5.91 Å². The summed E-state index contributed by atoms with van der Waals surface area (Å²) in [5, 5.41) is 6.68. The van der Waals surface area contributed by atoms with E-state index in [9.17, 15) is 9.18 Å². The number of thiazole rings is 1. The Morgan fingerprint density at radius 1 is 1.28 bits per heavy atom. The number of rotatable bonds is 8. The maximum atomic E-state index is 12.9. The van der Waals surface area contributed by atoms with Crippen LogP contribution in [0.4, 0.5) is 9.52 Å². The van der Waals surface area contributed by atoms with Crippen LogP contribution in [0.3, 0.4) is 0 Å². The van der Waals surface area contributed by atoms with Gasteiger partial charge in [-0.3, -0.25) is 4.79 Å². The monoisotopic (exact) mass is 359 g/mol. The molecule has 0 fully saturated rings. The summed E-state index contributed by atoms with van der Waals surface area (Å²) < 4.78 is 14.8. The Bertz CT molecular complexity index is 801. The molecule has 0 spiro atoms. The number of hydrogen-bond donors (Lipinski definition) is 2. The van der Waals surface area contributed by atoms with Crippen LogP contribution < -0.4 is 10.6 Å². The van der Waals surface area contributed by atoms with Gasteiger partial charge in [0.05, 0.1) is 12.5 Å². The maximum Gasteiger partial charge on any atom is 0.263 e. The fourth-order valence-electron chi connectivity index (χ4n) is 2.21. The van der Waals surface area contributed by atoms with Gasteiger partial charge in [-0.25, -0.2) is 14.4 Å². The molecule has 0 saturated heterocycles. The largest absolute Gasteiger partial charge is 0.357 e. The van der Waals surface area contributed by atoms with Crippen molar-refractivity contribution in [3.05, 3.63) is 65.4 Å². The van der Waals surface area contributed by atoms with Gasteiger partial charge >= 0.3 is 0 Å². The van der Waals surface area contributed by atoms with E-state index in [1.807, 2.05) is 10.8 Å². The highest BCUT2D eigenvalue weighted by Crippen LogP contribution is 2.18. The van der Waals surface area contributed by atoms with Crippen LogP contribution in [0.25, 0.3) is 0 Å². The van der Waals surface area contributed by atoms with Crippen molar-refractivity contribution in [1.82, 2.24) is 19.9 Å². The molecule has 1 aromatic carbocycles. The number of nitrogens with zero attached hydrogens (tertiary/aromatic N) is 3. The normalized spacial score (nSPS) is 10.6. The number of halogens is 1. The lowest BCUT2D eigenvalue weighted by molar-refractivity contribution is 0.0956. The third-order valence-electron chi connectivity index (χ3n) is 3.52. The van der Waals surface area contributed by atoms with Gasteiger partial charge < -0.3 is 15.2 Å². The molecule has 130 valence electrons. The number of carbonyl (C=O) groups excluding carboxylic acids is 1. The molecule has 0 unspecified atom stereocenters. The minimum Gasteiger partial charge on any atom is -0.357 e. The Kier molecular flexibility index (Phi) is 5.73. The van der Waals surface area contributed by atoms with Gasteiger partial charge in [-0.1, -0.05) is 23.5 Å². The molecular weight excluding hydrogens is 341 g/mol. The summed E-state index contributed by atoms with van der Waals surface area (Å²) in [6.07, 6.45) is 7.77. The lowest BCUT2D eigenvalue weighted by Crippen LogP contribution is -2.24. The Morgan fingerprint density at radius 3 is 2.88 bits per heavy atom. The molecule has 25 heavy (non-hydrogen) atoms. The van der Waals surface area contributed by atoms with Crippen LogP contribution in [0.5, 0.6) is 0 Å². The molecule has 6 nitrogen and oxygen atoms in total. The highest BCUT2D eigenvalue weighted by Gasteiger charge is 2.10. The number of anilines is 1. The van der Waals surface area contributed by atoms with Crippen molar-refractivity contribution in [3.63, 3.8) is 0 Å². The van der Waals surface area contributed by atoms with Crippen LogP contribution in [-0.4, -0.2) is 27.0 Å². The van der Waals surface area contributed by atoms with E-state index in [4.69, 9.17) is 0 Å². The second kappa shape index (κ2) is 8.39. The van der Waals surface area contributed by atoms with Crippen LogP contribution in [-0.2, 0) is 13.1 Å². The Balaban J connectivity index is 1.42. The molecule has 1 amide bonds. The van der Waals surface area contributed by atoms with Crippen molar-refractivity contribution in [2.24, 2.45) is 0 Å². The van der Waals surface area contributed by atoms with E-state index in [1.54, 1.807) is 30.9 Å². The van der Waals surface area contributed by atoms with E-state index in [0.29, 0.717) is 23.1 Å². The fourth-order valence-corrected chi connectivity index (χ4v) is 2.94. The van der Waals surface area contributed by atoms with Crippen molar-refractivity contribution in [3.8, 4) is 0 Å². The second-order valence-electron chi connectivity index (χ2n) is 5.42. The smallest absolute Gasteiger partial charge is 0.263 e. The van der Waals surface area contributed by atoms with Crippen molar-refractivity contribution in [2.45, 2.75) is 19.5 Å². The van der Waals surface area contributed by atoms with E-state index in [1.165, 1.54) is 23.5 Å². The van der Waals surface area contributed by atoms with Crippen molar-refractivity contribution >= 4 is 22.4 Å². The van der Waals surface area contributed by atoms with E-state index in [2.05, 4.69) is 20.6 Å². The van der Waals surface area contributed by atoms with Gasteiger partial charge in [0.1, 0.15) is 10.7 Å². The Hall–Kier alpha value is -2.74. The molecule has 3 rings (SSSR count). The zero-order valence-corrected chi connectivity index (χ0v) is 14.3. The third kappa shape index (κ3) is 5.12. The minimum absolute atomic E-state index is 0.127. The Labute approximate surface area is 148 Å². The molecule has 0 radical (unpaired) electrons. The quantitative estimate of drug-likeness (QED) is 0.607. The van der Waals surface area contributed by atoms with Crippen molar-refractivity contribution < 1.29 is 9.18 Å². The first kappa shape index (κ1) is 17.1. The second-order valence-corrected chi connectivity index (χ2v) is 6.45. The van der Waals surface area contributed by atoms with Gasteiger partial charge in [0.15, 0.2) is 5.13 Å². The molecule has 0 aliphatic carbocycles. The molecule has 0 aliphatic heterocycles. The first-order valence-electron chi connectivity index (χ1n) is 7.89. The molecule has 0 atom stereocenters. The molecule has 2 heterocycles. The average Bonchev–Trinajstić information content (AvgIpc) is 3.30. The first-order chi connectivity index (χ1) is 12.2. The van der Waals surface area contributed by atoms with Crippen LogP contribution >= 0.6 is 11.3 Å². The van der Waals surface area contributed by atoms with E-state index in [-0.39, 0.29) is 11.7 Å². The average molecular weight is 359 g/mol. The van der Waals surface area contributed by atoms with Crippen LogP contribution in [0, 0.1) is 5.82 Å². The lowest BCUT2D eigenvalue weighted by atomic mass is 10.2. The van der Waals surface area contributed by atoms with Gasteiger partial charge in [-0.2, -0.15) is 0 Å². The molecular formula is C17H18FN5OS. The van der Waals surface area contributed by atoms with Crippen molar-refractivity contribution in [1.29, 1.82) is 0 Å². The highest BCUT2D eigenvalue weighted by molar-refractivity contribution is 7.17. The van der Waals surface area contributed by atoms with E-state index in [0.717, 1.165) is 18.5 Å². The number of aryl methyl sites for hydroxylation is 1. The predicted octanol–water partition coefficient (Wildman–Crippen LogP) is 2.91. The number of amides is 1. The Morgan fingerprint density at radius 2 is 2.12 bits per heavy atom. The summed E-state index contributed by atoms with van der Waals surface area (Å²) in [6, 6.07) is 6.26. The van der Waals surface area contributed by atoms with Crippen molar-refractivity contribution in [2.75, 3.05) is 11.9 Å². The summed E-state index contributed by atoms with van der Waals surface area (Å²) >= 11 is 1.30. The molecule has 2 aromatic heterocycles. The summed E-state index contributed by atoms with van der Waals surface area (Å²) in [4.78, 5) is 20.8. The predicted molar refractivity (Wildman–Crippen MR) is 95.0 cm³/mol. The highest BCUT2D eigenvalue weighted by atomic mass is 32.1. The SMILES string of the molecule is O=C(NCCCn1ccnc1)c1cnc(NCc2ccc(F)cc2)s1. The topological polar surface area (TPSA) is 71.8 Å². The zero-order valence-electron chi connectivity index (χ0n) is 13.5. The number of imidazole rings is 1. The van der Waals surface area contributed by atoms with Crippen LogP contribution in [0.15, 0.2) is 49.2 Å². The number of carbonyl (C=O) groups is 1. The minimum atomic E-state index is -0.259. The number of hydrogen-bond acceptors (Lipinski definition) is 5. The lowest BCUT2D eigenvalue weighted by Gasteiger charge is -2.04. The van der Waals surface area contributed by atoms with E-state index >= 15 is 0 Å². The summed E-state index contributed by atoms with van der Waals surface area (Å²) in [7, 11) is 0. The summed E-state index contributed by atoms with van der Waals surface area (Å²) in [5.41, 5.74) is 0.946. The molecule has 2 N–H and O–H groups in total. The molecule has 3 aromatic rings. The van der Waals surface area contributed by atoms with Gasteiger partial charge in [-0.05, 0) is 24.1 Å². The number of benzene rings is 1. The zero-order chi connectivity index (χ0) is 17.5. The first-order valence-corrected chi connectivity index (χ1v) is 8.70. The van der Waals surface area contributed by atoms with Gasteiger partial charge in [0, 0.05) is 32.0 Å². The summed E-state index contributed by atoms with van der Waals surface area (Å²) in [6.45, 7) is 1.93. The van der Waals surface area contributed by atoms with Crippen LogP contribution in [0.1, 0.15) is 21.7 Å². The number of nitrogens with one attached hydrogen (secondary N) is 2.